The van der Waals surface area contributed by atoms with Crippen LogP contribution in [0.2, 0.25) is 0 Å². The molecule has 0 aliphatic rings. The van der Waals surface area contributed by atoms with Gasteiger partial charge in [0.15, 0.2) is 0 Å². The highest BCUT2D eigenvalue weighted by Gasteiger charge is 2.10. The number of urea groups is 1. The third-order valence-electron chi connectivity index (χ3n) is 4.57. The van der Waals surface area contributed by atoms with E-state index in [4.69, 9.17) is 0 Å². The van der Waals surface area contributed by atoms with Gasteiger partial charge in [-0.15, -0.1) is 0 Å². The summed E-state index contributed by atoms with van der Waals surface area (Å²) in [7, 11) is 0. The Morgan fingerprint density at radius 3 is 2.48 bits per heavy atom. The minimum absolute atomic E-state index is 0.257. The molecule has 3 aromatic carbocycles. The van der Waals surface area contributed by atoms with Gasteiger partial charge in [-0.05, 0) is 58.5 Å². The number of nitrogens with zero attached hydrogens (tertiary/aromatic N) is 1. The summed E-state index contributed by atoms with van der Waals surface area (Å²) in [4.78, 5) is 16.3. The second-order valence-electron chi connectivity index (χ2n) is 6.52. The number of anilines is 1. The van der Waals surface area contributed by atoms with Crippen LogP contribution in [0.5, 0.6) is 0 Å². The third-order valence-corrected chi connectivity index (χ3v) is 4.57. The fourth-order valence-corrected chi connectivity index (χ4v) is 3.23. The zero-order valence-electron chi connectivity index (χ0n) is 15.3. The summed E-state index contributed by atoms with van der Waals surface area (Å²) in [6.45, 7) is 0.257. The molecule has 0 radical (unpaired) electrons. The van der Waals surface area contributed by atoms with Gasteiger partial charge in [0.2, 0.25) is 0 Å². The van der Waals surface area contributed by atoms with Crippen molar-refractivity contribution in [2.24, 2.45) is 0 Å². The van der Waals surface area contributed by atoms with Crippen molar-refractivity contribution in [1.82, 2.24) is 10.3 Å². The van der Waals surface area contributed by atoms with Crippen LogP contribution in [0.4, 0.5) is 19.3 Å². The van der Waals surface area contributed by atoms with Crippen molar-refractivity contribution in [3.63, 3.8) is 0 Å². The quantitative estimate of drug-likeness (QED) is 0.484. The molecule has 4 aromatic rings. The number of fused-ring (bicyclic) bond motifs is 1. The molecule has 0 aliphatic carbocycles. The van der Waals surface area contributed by atoms with Crippen LogP contribution in [0.3, 0.4) is 0 Å². The molecule has 0 atom stereocenters. The molecule has 2 amide bonds. The van der Waals surface area contributed by atoms with Crippen molar-refractivity contribution >= 4 is 22.5 Å². The van der Waals surface area contributed by atoms with Gasteiger partial charge in [-0.2, -0.15) is 0 Å². The number of nitrogens with one attached hydrogen (secondary N) is 2. The van der Waals surface area contributed by atoms with Crippen LogP contribution in [0.1, 0.15) is 5.56 Å². The van der Waals surface area contributed by atoms with Crippen LogP contribution >= 0.6 is 0 Å². The predicted octanol–water partition coefficient (Wildman–Crippen LogP) is 5.50. The highest BCUT2D eigenvalue weighted by Crippen LogP contribution is 2.30. The number of rotatable bonds is 4. The Labute approximate surface area is 166 Å². The van der Waals surface area contributed by atoms with Gasteiger partial charge in [0.25, 0.3) is 0 Å². The van der Waals surface area contributed by atoms with E-state index < -0.39 is 11.8 Å². The molecule has 0 unspecified atom stereocenters. The lowest BCUT2D eigenvalue weighted by Gasteiger charge is -2.13. The molecule has 6 heteroatoms. The first-order valence-electron chi connectivity index (χ1n) is 9.02. The first-order chi connectivity index (χ1) is 14.1. The SMILES string of the molecule is O=C(NCc1ccc(-c2cccc(F)c2)c2ccncc12)Nc1cccc(F)c1. The summed E-state index contributed by atoms with van der Waals surface area (Å²) < 4.78 is 26.9. The summed E-state index contributed by atoms with van der Waals surface area (Å²) in [6.07, 6.45) is 3.40. The van der Waals surface area contributed by atoms with Crippen molar-refractivity contribution in [1.29, 1.82) is 0 Å². The fourth-order valence-electron chi connectivity index (χ4n) is 3.23. The van der Waals surface area contributed by atoms with Gasteiger partial charge in [-0.25, -0.2) is 13.6 Å². The minimum atomic E-state index is -0.443. The van der Waals surface area contributed by atoms with Crippen LogP contribution < -0.4 is 10.6 Å². The zero-order valence-corrected chi connectivity index (χ0v) is 15.3. The Balaban J connectivity index is 1.57. The van der Waals surface area contributed by atoms with Gasteiger partial charge in [0.05, 0.1) is 0 Å². The number of hydrogen-bond donors (Lipinski definition) is 2. The summed E-state index contributed by atoms with van der Waals surface area (Å²) in [5, 5.41) is 7.14. The lowest BCUT2D eigenvalue weighted by atomic mass is 9.96. The van der Waals surface area contributed by atoms with E-state index in [0.717, 1.165) is 27.5 Å². The van der Waals surface area contributed by atoms with Crippen molar-refractivity contribution in [3.05, 3.63) is 96.3 Å². The molecule has 29 heavy (non-hydrogen) atoms. The molecule has 0 spiro atoms. The van der Waals surface area contributed by atoms with Crippen LogP contribution in [0, 0.1) is 11.6 Å². The molecule has 0 saturated heterocycles. The largest absolute Gasteiger partial charge is 0.334 e. The Bertz CT molecular complexity index is 1190. The normalized spacial score (nSPS) is 10.7. The topological polar surface area (TPSA) is 54.0 Å². The fraction of sp³-hybridized carbons (Fsp3) is 0.0435. The Morgan fingerprint density at radius 1 is 0.897 bits per heavy atom. The summed E-state index contributed by atoms with van der Waals surface area (Å²) >= 11 is 0. The lowest BCUT2D eigenvalue weighted by Crippen LogP contribution is -2.28. The number of hydrogen-bond acceptors (Lipinski definition) is 2. The number of carbonyl (C=O) groups excluding carboxylic acids is 1. The van der Waals surface area contributed by atoms with Crippen LogP contribution in [-0.2, 0) is 6.54 Å². The van der Waals surface area contributed by atoms with E-state index in [1.54, 1.807) is 24.5 Å². The number of aromatic nitrogens is 1. The molecular formula is C23H17F2N3O. The minimum Gasteiger partial charge on any atom is -0.334 e. The molecule has 0 aliphatic heterocycles. The number of benzene rings is 3. The maximum absolute atomic E-state index is 13.7. The zero-order chi connectivity index (χ0) is 20.2. The number of carbonyl (C=O) groups is 1. The van der Waals surface area contributed by atoms with E-state index in [0.29, 0.717) is 5.69 Å². The summed E-state index contributed by atoms with van der Waals surface area (Å²) in [5.41, 5.74) is 2.89. The molecule has 4 nitrogen and oxygen atoms in total. The third kappa shape index (κ3) is 4.21. The van der Waals surface area contributed by atoms with Gasteiger partial charge < -0.3 is 10.6 Å². The maximum Gasteiger partial charge on any atom is 0.319 e. The first kappa shape index (κ1) is 18.6. The number of halogens is 2. The lowest BCUT2D eigenvalue weighted by molar-refractivity contribution is 0.252. The van der Waals surface area contributed by atoms with Gasteiger partial charge in [0, 0.05) is 30.0 Å². The maximum atomic E-state index is 13.7. The van der Waals surface area contributed by atoms with E-state index in [2.05, 4.69) is 15.6 Å². The average Bonchev–Trinajstić information content (AvgIpc) is 2.72. The van der Waals surface area contributed by atoms with E-state index in [1.807, 2.05) is 24.3 Å². The van der Waals surface area contributed by atoms with Crippen LogP contribution in [0.15, 0.2) is 79.1 Å². The molecule has 1 heterocycles. The molecule has 4 rings (SSSR count). The average molecular weight is 389 g/mol. The highest BCUT2D eigenvalue weighted by atomic mass is 19.1. The molecule has 1 aromatic heterocycles. The molecule has 0 fully saturated rings. The molecule has 0 saturated carbocycles. The predicted molar refractivity (Wildman–Crippen MR) is 109 cm³/mol. The Kier molecular flexibility index (Phi) is 5.16. The molecule has 0 bridgehead atoms. The van der Waals surface area contributed by atoms with Crippen molar-refractivity contribution in [2.45, 2.75) is 6.54 Å². The van der Waals surface area contributed by atoms with E-state index >= 15 is 0 Å². The number of pyridine rings is 1. The standard InChI is InChI=1S/C23H17F2N3O/c24-17-4-1-3-15(11-17)20-8-7-16(22-14-26-10-9-21(20)22)13-27-23(29)28-19-6-2-5-18(25)12-19/h1-12,14H,13H2,(H2,27,28,29). The van der Waals surface area contributed by atoms with E-state index in [1.165, 1.54) is 30.3 Å². The molecule has 2 N–H and O–H groups in total. The molecular weight excluding hydrogens is 372 g/mol. The second-order valence-corrected chi connectivity index (χ2v) is 6.52. The van der Waals surface area contributed by atoms with Crippen molar-refractivity contribution < 1.29 is 13.6 Å². The summed E-state index contributed by atoms with van der Waals surface area (Å²) in [5.74, 6) is -0.725. The van der Waals surface area contributed by atoms with Gasteiger partial charge in [-0.1, -0.05) is 30.3 Å². The Hall–Kier alpha value is -3.80. The number of amides is 2. The van der Waals surface area contributed by atoms with Crippen molar-refractivity contribution in [3.8, 4) is 11.1 Å². The van der Waals surface area contributed by atoms with Gasteiger partial charge >= 0.3 is 6.03 Å². The van der Waals surface area contributed by atoms with E-state index in [-0.39, 0.29) is 12.4 Å². The smallest absolute Gasteiger partial charge is 0.319 e. The summed E-state index contributed by atoms with van der Waals surface area (Å²) in [6, 6.07) is 17.3. The van der Waals surface area contributed by atoms with Crippen LogP contribution in [-0.4, -0.2) is 11.0 Å². The van der Waals surface area contributed by atoms with E-state index in [9.17, 15) is 13.6 Å². The first-order valence-corrected chi connectivity index (χ1v) is 9.02. The van der Waals surface area contributed by atoms with Crippen LogP contribution in [0.25, 0.3) is 21.9 Å². The van der Waals surface area contributed by atoms with Crippen molar-refractivity contribution in [2.75, 3.05) is 5.32 Å². The highest BCUT2D eigenvalue weighted by molar-refractivity contribution is 5.98. The van der Waals surface area contributed by atoms with Gasteiger partial charge in [-0.3, -0.25) is 4.98 Å². The molecule has 144 valence electrons. The van der Waals surface area contributed by atoms with Gasteiger partial charge in [0.1, 0.15) is 11.6 Å². The second kappa shape index (κ2) is 8.06. The monoisotopic (exact) mass is 389 g/mol. The Morgan fingerprint density at radius 2 is 1.69 bits per heavy atom.